The lowest BCUT2D eigenvalue weighted by molar-refractivity contribution is -0.148. The highest BCUT2D eigenvalue weighted by atomic mass is 16.4. The fourth-order valence-corrected chi connectivity index (χ4v) is 0.935. The van der Waals surface area contributed by atoms with Crippen LogP contribution in [0.25, 0.3) is 0 Å². The molecular formula is C10H14O4. The number of carboxylic acid groups (broad SMARTS) is 2. The minimum atomic E-state index is -1.09. The van der Waals surface area contributed by atoms with Gasteiger partial charge in [0.2, 0.25) is 0 Å². The molecule has 0 amide bonds. The van der Waals surface area contributed by atoms with Crippen LogP contribution >= 0.6 is 0 Å². The maximum Gasteiger partial charge on any atom is 0.307 e. The molecule has 1 unspecified atom stereocenters. The Balaban J connectivity index is 4.03. The first-order valence-corrected chi connectivity index (χ1v) is 4.28. The van der Waals surface area contributed by atoms with Crippen molar-refractivity contribution in [1.29, 1.82) is 0 Å². The minimum absolute atomic E-state index is 0.246. The first kappa shape index (κ1) is 12.4. The van der Waals surface area contributed by atoms with Crippen LogP contribution < -0.4 is 0 Å². The summed E-state index contributed by atoms with van der Waals surface area (Å²) < 4.78 is 0. The zero-order valence-electron chi connectivity index (χ0n) is 7.85. The predicted molar refractivity (Wildman–Crippen MR) is 51.9 cm³/mol. The Kier molecular flexibility index (Phi) is 6.11. The molecule has 0 spiro atoms. The molecule has 4 heteroatoms. The van der Waals surface area contributed by atoms with E-state index in [9.17, 15) is 9.59 Å². The summed E-state index contributed by atoms with van der Waals surface area (Å²) in [5.74, 6) is -3.00. The second-order valence-electron chi connectivity index (χ2n) is 2.86. The topological polar surface area (TPSA) is 74.6 Å². The molecule has 0 aromatic rings. The normalized spacial score (nSPS) is 12.6. The Morgan fingerprint density at radius 3 is 2.36 bits per heavy atom. The highest BCUT2D eigenvalue weighted by Crippen LogP contribution is 2.10. The summed E-state index contributed by atoms with van der Waals surface area (Å²) in [6.07, 6.45) is 5.69. The van der Waals surface area contributed by atoms with Crippen molar-refractivity contribution in [2.24, 2.45) is 5.92 Å². The smallest absolute Gasteiger partial charge is 0.307 e. The third-order valence-corrected chi connectivity index (χ3v) is 1.66. The van der Waals surface area contributed by atoms with E-state index in [1.54, 1.807) is 18.2 Å². The van der Waals surface area contributed by atoms with Gasteiger partial charge in [-0.25, -0.2) is 0 Å². The van der Waals surface area contributed by atoms with E-state index in [-0.39, 0.29) is 12.8 Å². The molecule has 4 nitrogen and oxygen atoms in total. The van der Waals surface area contributed by atoms with Gasteiger partial charge in [-0.1, -0.05) is 18.2 Å². The highest BCUT2D eigenvalue weighted by molar-refractivity contribution is 5.77. The lowest BCUT2D eigenvalue weighted by Crippen LogP contribution is -2.16. The molecule has 0 aliphatic carbocycles. The van der Waals surface area contributed by atoms with Crippen molar-refractivity contribution in [3.05, 3.63) is 24.8 Å². The Morgan fingerprint density at radius 1 is 1.29 bits per heavy atom. The van der Waals surface area contributed by atoms with E-state index in [1.165, 1.54) is 0 Å². The van der Waals surface area contributed by atoms with Gasteiger partial charge in [-0.2, -0.15) is 0 Å². The van der Waals surface area contributed by atoms with Crippen LogP contribution in [-0.4, -0.2) is 22.2 Å². The van der Waals surface area contributed by atoms with Crippen LogP contribution in [0.1, 0.15) is 19.3 Å². The van der Waals surface area contributed by atoms with Gasteiger partial charge in [-0.15, -0.1) is 6.58 Å². The van der Waals surface area contributed by atoms with E-state index in [1.807, 2.05) is 0 Å². The monoisotopic (exact) mass is 198 g/mol. The number of carbonyl (C=O) groups is 2. The molecule has 0 rings (SSSR count). The first-order chi connectivity index (χ1) is 6.57. The van der Waals surface area contributed by atoms with Gasteiger partial charge < -0.3 is 10.2 Å². The highest BCUT2D eigenvalue weighted by Gasteiger charge is 2.18. The van der Waals surface area contributed by atoms with Gasteiger partial charge in [0.25, 0.3) is 0 Å². The van der Waals surface area contributed by atoms with Crippen LogP contribution in [0, 0.1) is 5.92 Å². The molecule has 0 aliphatic rings. The molecule has 0 saturated carbocycles. The van der Waals surface area contributed by atoms with E-state index >= 15 is 0 Å². The van der Waals surface area contributed by atoms with Crippen molar-refractivity contribution in [3.8, 4) is 0 Å². The van der Waals surface area contributed by atoms with E-state index in [2.05, 4.69) is 6.58 Å². The molecule has 78 valence electrons. The SMILES string of the molecule is C=CCC=CCC(CC(=O)O)C(=O)O. The number of hydrogen-bond donors (Lipinski definition) is 2. The van der Waals surface area contributed by atoms with Crippen LogP contribution in [0.5, 0.6) is 0 Å². The second-order valence-corrected chi connectivity index (χ2v) is 2.86. The standard InChI is InChI=1S/C10H14O4/c1-2-3-4-5-6-8(10(13)14)7-9(11)12/h2,4-5,8H,1,3,6-7H2,(H,11,12)(H,13,14). The van der Waals surface area contributed by atoms with E-state index in [4.69, 9.17) is 10.2 Å². The molecule has 0 heterocycles. The van der Waals surface area contributed by atoms with Crippen molar-refractivity contribution in [2.75, 3.05) is 0 Å². The Bertz CT molecular complexity index is 243. The summed E-state index contributed by atoms with van der Waals surface area (Å²) in [7, 11) is 0. The van der Waals surface area contributed by atoms with Gasteiger partial charge in [0.15, 0.2) is 0 Å². The molecule has 0 fully saturated rings. The number of aliphatic carboxylic acids is 2. The molecule has 14 heavy (non-hydrogen) atoms. The zero-order valence-corrected chi connectivity index (χ0v) is 7.85. The van der Waals surface area contributed by atoms with Gasteiger partial charge in [0.1, 0.15) is 0 Å². The van der Waals surface area contributed by atoms with Gasteiger partial charge in [0.05, 0.1) is 12.3 Å². The van der Waals surface area contributed by atoms with Crippen molar-refractivity contribution >= 4 is 11.9 Å². The van der Waals surface area contributed by atoms with Crippen molar-refractivity contribution in [3.63, 3.8) is 0 Å². The van der Waals surface area contributed by atoms with Crippen molar-refractivity contribution in [1.82, 2.24) is 0 Å². The predicted octanol–water partition coefficient (Wildman–Crippen LogP) is 1.68. The lowest BCUT2D eigenvalue weighted by Gasteiger charge is -2.05. The van der Waals surface area contributed by atoms with E-state index < -0.39 is 17.9 Å². The van der Waals surface area contributed by atoms with E-state index in [0.29, 0.717) is 6.42 Å². The maximum absolute atomic E-state index is 10.6. The Morgan fingerprint density at radius 2 is 1.93 bits per heavy atom. The summed E-state index contributed by atoms with van der Waals surface area (Å²) in [5, 5.41) is 17.1. The van der Waals surface area contributed by atoms with Crippen LogP contribution in [0.15, 0.2) is 24.8 Å². The maximum atomic E-state index is 10.6. The Labute approximate surface area is 82.6 Å². The van der Waals surface area contributed by atoms with Gasteiger partial charge in [-0.3, -0.25) is 9.59 Å². The van der Waals surface area contributed by atoms with Crippen LogP contribution in [0.4, 0.5) is 0 Å². The van der Waals surface area contributed by atoms with Crippen molar-refractivity contribution in [2.45, 2.75) is 19.3 Å². The van der Waals surface area contributed by atoms with E-state index in [0.717, 1.165) is 0 Å². The quantitative estimate of drug-likeness (QED) is 0.610. The number of allylic oxidation sites excluding steroid dienone is 3. The number of rotatable bonds is 7. The van der Waals surface area contributed by atoms with Gasteiger partial charge >= 0.3 is 11.9 Å². The molecule has 0 aliphatic heterocycles. The average Bonchev–Trinajstić information content (AvgIpc) is 2.09. The van der Waals surface area contributed by atoms with Gasteiger partial charge in [0, 0.05) is 0 Å². The average molecular weight is 198 g/mol. The summed E-state index contributed by atoms with van der Waals surface area (Å²) >= 11 is 0. The molecule has 2 N–H and O–H groups in total. The molecule has 1 atom stereocenters. The van der Waals surface area contributed by atoms with Crippen LogP contribution in [0.2, 0.25) is 0 Å². The molecule has 0 saturated heterocycles. The molecule has 0 radical (unpaired) electrons. The van der Waals surface area contributed by atoms with Gasteiger partial charge in [-0.05, 0) is 12.8 Å². The number of hydrogen-bond acceptors (Lipinski definition) is 2. The third kappa shape index (κ3) is 5.99. The minimum Gasteiger partial charge on any atom is -0.481 e. The summed E-state index contributed by atoms with van der Waals surface area (Å²) in [6, 6.07) is 0. The van der Waals surface area contributed by atoms with Crippen LogP contribution in [-0.2, 0) is 9.59 Å². The number of carboxylic acids is 2. The summed E-state index contributed by atoms with van der Waals surface area (Å²) in [6.45, 7) is 3.50. The summed E-state index contributed by atoms with van der Waals surface area (Å²) in [4.78, 5) is 20.9. The fourth-order valence-electron chi connectivity index (χ4n) is 0.935. The molecule has 0 aromatic carbocycles. The Hall–Kier alpha value is -1.58. The molecule has 0 bridgehead atoms. The second kappa shape index (κ2) is 6.88. The molecular weight excluding hydrogens is 184 g/mol. The lowest BCUT2D eigenvalue weighted by atomic mass is 10.0. The van der Waals surface area contributed by atoms with Crippen LogP contribution in [0.3, 0.4) is 0 Å². The first-order valence-electron chi connectivity index (χ1n) is 4.28. The third-order valence-electron chi connectivity index (χ3n) is 1.66. The zero-order chi connectivity index (χ0) is 11.0. The largest absolute Gasteiger partial charge is 0.481 e. The fraction of sp³-hybridized carbons (Fsp3) is 0.400. The summed E-state index contributed by atoms with van der Waals surface area (Å²) in [5.41, 5.74) is 0. The molecule has 0 aromatic heterocycles. The van der Waals surface area contributed by atoms with Crippen molar-refractivity contribution < 1.29 is 19.8 Å².